The standard InChI is InChI=1S/C28H27FN8O/c1-19-5-9-23(10-6-19)37-26(33-28(38)24-16-32-36-13-3-11-30-27(24)36)14-25(34-37)20-4-2-12-35(17-20)18-22-8-7-21(29)15-31-22/h3,5-11,13-16,20H,2,4,12,17-18H2,1H3,(H,33,38). The molecule has 0 aliphatic carbocycles. The number of aromatic nitrogens is 6. The number of piperidine rings is 1. The number of anilines is 1. The summed E-state index contributed by atoms with van der Waals surface area (Å²) in [6.45, 7) is 4.43. The third kappa shape index (κ3) is 4.90. The number of amides is 1. The van der Waals surface area contributed by atoms with Crippen molar-refractivity contribution in [3.8, 4) is 5.69 Å². The van der Waals surface area contributed by atoms with Crippen LogP contribution in [0, 0.1) is 12.7 Å². The monoisotopic (exact) mass is 510 g/mol. The molecule has 0 radical (unpaired) electrons. The third-order valence-electron chi connectivity index (χ3n) is 6.87. The van der Waals surface area contributed by atoms with Gasteiger partial charge in [0.1, 0.15) is 17.2 Å². The number of fused-ring (bicyclic) bond motifs is 1. The zero-order chi connectivity index (χ0) is 26.1. The van der Waals surface area contributed by atoms with Crippen molar-refractivity contribution in [2.24, 2.45) is 0 Å². The zero-order valence-corrected chi connectivity index (χ0v) is 21.0. The molecular weight excluding hydrogens is 483 g/mol. The van der Waals surface area contributed by atoms with Gasteiger partial charge in [-0.3, -0.25) is 14.7 Å². The number of carbonyl (C=O) groups excluding carboxylic acids is 1. The van der Waals surface area contributed by atoms with Crippen LogP contribution in [0.2, 0.25) is 0 Å². The molecule has 1 unspecified atom stereocenters. The molecule has 5 heterocycles. The average molecular weight is 511 g/mol. The van der Waals surface area contributed by atoms with Gasteiger partial charge in [-0.2, -0.15) is 10.2 Å². The number of nitrogens with zero attached hydrogens (tertiary/aromatic N) is 7. The molecule has 9 nitrogen and oxygen atoms in total. The molecule has 0 bridgehead atoms. The number of aryl methyl sites for hydroxylation is 1. The Morgan fingerprint density at radius 2 is 2.00 bits per heavy atom. The highest BCUT2D eigenvalue weighted by atomic mass is 19.1. The molecule has 192 valence electrons. The van der Waals surface area contributed by atoms with E-state index in [1.54, 1.807) is 33.7 Å². The topological polar surface area (TPSA) is 93.2 Å². The molecule has 0 spiro atoms. The first-order valence-corrected chi connectivity index (χ1v) is 12.6. The van der Waals surface area contributed by atoms with Gasteiger partial charge in [0.15, 0.2) is 5.65 Å². The molecule has 0 saturated carbocycles. The zero-order valence-electron chi connectivity index (χ0n) is 21.0. The van der Waals surface area contributed by atoms with Crippen molar-refractivity contribution in [2.45, 2.75) is 32.2 Å². The molecule has 5 aromatic rings. The fourth-order valence-electron chi connectivity index (χ4n) is 4.91. The van der Waals surface area contributed by atoms with Gasteiger partial charge >= 0.3 is 0 Å². The smallest absolute Gasteiger partial charge is 0.262 e. The van der Waals surface area contributed by atoms with Gasteiger partial charge in [-0.25, -0.2) is 18.6 Å². The van der Waals surface area contributed by atoms with Gasteiger partial charge in [0.2, 0.25) is 0 Å². The minimum absolute atomic E-state index is 0.185. The Bertz CT molecular complexity index is 1580. The van der Waals surface area contributed by atoms with Crippen molar-refractivity contribution in [1.29, 1.82) is 0 Å². The molecular formula is C28H27FN8O. The predicted molar refractivity (Wildman–Crippen MR) is 141 cm³/mol. The van der Waals surface area contributed by atoms with Crippen LogP contribution < -0.4 is 5.32 Å². The fraction of sp³-hybridized carbons (Fsp3) is 0.250. The lowest BCUT2D eigenvalue weighted by Gasteiger charge is -2.31. The maximum atomic E-state index is 13.3. The quantitative estimate of drug-likeness (QED) is 0.364. The Morgan fingerprint density at radius 3 is 2.82 bits per heavy atom. The van der Waals surface area contributed by atoms with Crippen LogP contribution in [-0.4, -0.2) is 53.3 Å². The third-order valence-corrected chi connectivity index (χ3v) is 6.87. The molecule has 1 amide bonds. The molecule has 10 heteroatoms. The average Bonchev–Trinajstić information content (AvgIpc) is 3.55. The second kappa shape index (κ2) is 10.1. The van der Waals surface area contributed by atoms with E-state index >= 15 is 0 Å². The molecule has 1 aromatic carbocycles. The number of hydrogen-bond donors (Lipinski definition) is 1. The summed E-state index contributed by atoms with van der Waals surface area (Å²) < 4.78 is 16.6. The molecule has 4 aromatic heterocycles. The van der Waals surface area contributed by atoms with Gasteiger partial charge in [-0.05, 0) is 56.6 Å². The summed E-state index contributed by atoms with van der Waals surface area (Å²) in [6.07, 6.45) is 8.17. The lowest BCUT2D eigenvalue weighted by atomic mass is 9.94. The van der Waals surface area contributed by atoms with E-state index in [0.717, 1.165) is 48.6 Å². The maximum Gasteiger partial charge on any atom is 0.262 e. The summed E-state index contributed by atoms with van der Waals surface area (Å²) in [5.41, 5.74) is 4.63. The van der Waals surface area contributed by atoms with E-state index in [2.05, 4.69) is 25.3 Å². The summed E-state index contributed by atoms with van der Waals surface area (Å²) in [5.74, 6) is 0.138. The van der Waals surface area contributed by atoms with Gasteiger partial charge < -0.3 is 5.32 Å². The molecule has 38 heavy (non-hydrogen) atoms. The first kappa shape index (κ1) is 23.9. The summed E-state index contributed by atoms with van der Waals surface area (Å²) in [7, 11) is 0. The van der Waals surface area contributed by atoms with Gasteiger partial charge in [0, 0.05) is 37.5 Å². The van der Waals surface area contributed by atoms with Gasteiger partial charge in [0.25, 0.3) is 5.91 Å². The van der Waals surface area contributed by atoms with Crippen molar-refractivity contribution in [3.63, 3.8) is 0 Å². The number of benzene rings is 1. The number of rotatable bonds is 6. The molecule has 6 rings (SSSR count). The summed E-state index contributed by atoms with van der Waals surface area (Å²) >= 11 is 0. The van der Waals surface area contributed by atoms with Gasteiger partial charge in [0.05, 0.1) is 29.5 Å². The van der Waals surface area contributed by atoms with Crippen molar-refractivity contribution < 1.29 is 9.18 Å². The minimum atomic E-state index is -0.332. The van der Waals surface area contributed by atoms with Crippen molar-refractivity contribution in [2.75, 3.05) is 18.4 Å². The number of hydrogen-bond acceptors (Lipinski definition) is 6. The highest BCUT2D eigenvalue weighted by Gasteiger charge is 2.26. The summed E-state index contributed by atoms with van der Waals surface area (Å²) in [5, 5.41) is 12.2. The lowest BCUT2D eigenvalue weighted by molar-refractivity contribution is 0.102. The van der Waals surface area contributed by atoms with E-state index in [0.29, 0.717) is 23.6 Å². The Balaban J connectivity index is 1.28. The number of nitrogens with one attached hydrogen (secondary N) is 1. The van der Waals surface area contributed by atoms with Crippen LogP contribution in [0.4, 0.5) is 10.2 Å². The fourth-order valence-corrected chi connectivity index (χ4v) is 4.91. The first-order valence-electron chi connectivity index (χ1n) is 12.6. The van der Waals surface area contributed by atoms with Crippen LogP contribution in [0.5, 0.6) is 0 Å². The Labute approximate surface area is 219 Å². The largest absolute Gasteiger partial charge is 0.306 e. The van der Waals surface area contributed by atoms with Crippen LogP contribution in [0.25, 0.3) is 11.3 Å². The summed E-state index contributed by atoms with van der Waals surface area (Å²) in [4.78, 5) is 24.1. The second-order valence-corrected chi connectivity index (χ2v) is 9.64. The maximum absolute atomic E-state index is 13.3. The van der Waals surface area contributed by atoms with E-state index < -0.39 is 0 Å². The highest BCUT2D eigenvalue weighted by molar-refractivity contribution is 6.07. The summed E-state index contributed by atoms with van der Waals surface area (Å²) in [6, 6.07) is 14.9. The minimum Gasteiger partial charge on any atom is -0.306 e. The van der Waals surface area contributed by atoms with E-state index in [4.69, 9.17) is 5.10 Å². The van der Waals surface area contributed by atoms with Crippen LogP contribution in [0.15, 0.2) is 73.3 Å². The first-order chi connectivity index (χ1) is 18.5. The number of likely N-dealkylation sites (tertiary alicyclic amines) is 1. The van der Waals surface area contributed by atoms with Crippen LogP contribution >= 0.6 is 0 Å². The van der Waals surface area contributed by atoms with Crippen LogP contribution in [-0.2, 0) is 6.54 Å². The normalized spacial score (nSPS) is 16.1. The Morgan fingerprint density at radius 1 is 1.13 bits per heavy atom. The molecule has 1 aliphatic rings. The number of pyridine rings is 1. The number of halogens is 1. The van der Waals surface area contributed by atoms with Gasteiger partial charge in [-0.15, -0.1) is 0 Å². The highest BCUT2D eigenvalue weighted by Crippen LogP contribution is 2.30. The van der Waals surface area contributed by atoms with E-state index in [-0.39, 0.29) is 17.6 Å². The van der Waals surface area contributed by atoms with Crippen LogP contribution in [0.1, 0.15) is 46.1 Å². The van der Waals surface area contributed by atoms with Crippen molar-refractivity contribution in [1.82, 2.24) is 34.3 Å². The van der Waals surface area contributed by atoms with Crippen LogP contribution in [0.3, 0.4) is 0 Å². The van der Waals surface area contributed by atoms with E-state index in [1.165, 1.54) is 18.5 Å². The molecule has 1 atom stereocenters. The van der Waals surface area contributed by atoms with E-state index in [1.807, 2.05) is 37.3 Å². The van der Waals surface area contributed by atoms with E-state index in [9.17, 15) is 9.18 Å². The predicted octanol–water partition coefficient (Wildman–Crippen LogP) is 4.39. The molecule has 1 N–H and O–H groups in total. The Kier molecular flexibility index (Phi) is 6.38. The molecule has 1 aliphatic heterocycles. The molecule has 1 fully saturated rings. The SMILES string of the molecule is Cc1ccc(-n2nc(C3CCCN(Cc4ccc(F)cn4)C3)cc2NC(=O)c2cnn3cccnc23)cc1. The second-order valence-electron chi connectivity index (χ2n) is 9.64. The van der Waals surface area contributed by atoms with Crippen molar-refractivity contribution in [3.05, 3.63) is 102 Å². The van der Waals surface area contributed by atoms with Crippen molar-refractivity contribution >= 4 is 17.4 Å². The lowest BCUT2D eigenvalue weighted by Crippen LogP contribution is -2.34. The molecule has 1 saturated heterocycles. The van der Waals surface area contributed by atoms with Gasteiger partial charge in [-0.1, -0.05) is 17.7 Å². The Hall–Kier alpha value is -4.44. The number of carbonyl (C=O) groups is 1.